The zero-order valence-corrected chi connectivity index (χ0v) is 14.8. The molecule has 5 rings (SSSR count). The van der Waals surface area contributed by atoms with E-state index in [1.807, 2.05) is 35.9 Å². The summed E-state index contributed by atoms with van der Waals surface area (Å²) in [6.45, 7) is 4.96. The second-order valence-corrected chi connectivity index (χ2v) is 7.38. The number of piperazine rings is 1. The van der Waals surface area contributed by atoms with E-state index >= 15 is 0 Å². The Hall–Kier alpha value is -2.18. The number of rotatable bonds is 3. The second-order valence-electron chi connectivity index (χ2n) is 6.95. The van der Waals surface area contributed by atoms with E-state index in [0.717, 1.165) is 41.9 Å². The first-order valence-corrected chi connectivity index (χ1v) is 8.98. The molecule has 2 bridgehead atoms. The molecule has 2 fully saturated rings. The lowest BCUT2D eigenvalue weighted by molar-refractivity contribution is 0.230. The number of likely N-dealkylation sites (tertiary alicyclic amines) is 1. The Morgan fingerprint density at radius 1 is 1.20 bits per heavy atom. The number of aryl methyl sites for hydroxylation is 1. The van der Waals surface area contributed by atoms with Crippen LogP contribution in [0.25, 0.3) is 5.65 Å². The highest BCUT2D eigenvalue weighted by Crippen LogP contribution is 2.35. The quantitative estimate of drug-likeness (QED) is 0.723. The smallest absolute Gasteiger partial charge is 0.203 e. The summed E-state index contributed by atoms with van der Waals surface area (Å²) in [4.78, 5) is 9.57. The van der Waals surface area contributed by atoms with E-state index < -0.39 is 0 Å². The van der Waals surface area contributed by atoms with Crippen LogP contribution in [0, 0.1) is 6.92 Å². The SMILES string of the molecule is Cc1nnc2c(N3CC4CC3CN4Cc3cccc(Cl)c3)nccn12. The molecule has 2 saturated heterocycles. The van der Waals surface area contributed by atoms with Gasteiger partial charge in [0.2, 0.25) is 5.65 Å². The Bertz CT molecular complexity index is 938. The molecule has 3 aromatic rings. The lowest BCUT2D eigenvalue weighted by atomic mass is 10.2. The maximum atomic E-state index is 6.12. The van der Waals surface area contributed by atoms with Crippen LogP contribution in [-0.4, -0.2) is 49.7 Å². The third-order valence-corrected chi connectivity index (χ3v) is 5.61. The highest BCUT2D eigenvalue weighted by molar-refractivity contribution is 6.30. The number of aromatic nitrogens is 4. The van der Waals surface area contributed by atoms with Crippen molar-refractivity contribution in [2.24, 2.45) is 0 Å². The highest BCUT2D eigenvalue weighted by atomic mass is 35.5. The fourth-order valence-corrected chi connectivity index (χ4v) is 4.42. The predicted molar refractivity (Wildman–Crippen MR) is 96.9 cm³/mol. The maximum Gasteiger partial charge on any atom is 0.203 e. The molecule has 0 aliphatic carbocycles. The van der Waals surface area contributed by atoms with Crippen molar-refractivity contribution in [1.29, 1.82) is 0 Å². The molecule has 25 heavy (non-hydrogen) atoms. The summed E-state index contributed by atoms with van der Waals surface area (Å²) in [5, 5.41) is 9.32. The van der Waals surface area contributed by atoms with Gasteiger partial charge in [-0.1, -0.05) is 23.7 Å². The monoisotopic (exact) mass is 354 g/mol. The summed E-state index contributed by atoms with van der Waals surface area (Å²) in [5.41, 5.74) is 2.13. The van der Waals surface area contributed by atoms with Crippen molar-refractivity contribution in [3.8, 4) is 0 Å². The minimum absolute atomic E-state index is 0.486. The van der Waals surface area contributed by atoms with Crippen LogP contribution in [-0.2, 0) is 6.54 Å². The third kappa shape index (κ3) is 2.48. The van der Waals surface area contributed by atoms with Gasteiger partial charge in [-0.2, -0.15) is 0 Å². The summed E-state index contributed by atoms with van der Waals surface area (Å²) >= 11 is 6.12. The normalized spacial score (nSPS) is 23.0. The van der Waals surface area contributed by atoms with Crippen molar-refractivity contribution >= 4 is 23.1 Å². The molecule has 2 aliphatic heterocycles. The average Bonchev–Trinajstić information content (AvgIpc) is 3.29. The molecule has 2 unspecified atom stereocenters. The van der Waals surface area contributed by atoms with Crippen LogP contribution >= 0.6 is 11.6 Å². The third-order valence-electron chi connectivity index (χ3n) is 5.38. The van der Waals surface area contributed by atoms with E-state index in [0.29, 0.717) is 12.1 Å². The van der Waals surface area contributed by atoms with Gasteiger partial charge < -0.3 is 4.90 Å². The maximum absolute atomic E-state index is 6.12. The molecule has 0 saturated carbocycles. The van der Waals surface area contributed by atoms with Gasteiger partial charge in [0.15, 0.2) is 5.82 Å². The van der Waals surface area contributed by atoms with Crippen LogP contribution in [0.3, 0.4) is 0 Å². The molecule has 4 heterocycles. The van der Waals surface area contributed by atoms with Gasteiger partial charge in [0.1, 0.15) is 5.82 Å². The van der Waals surface area contributed by atoms with Crippen molar-refractivity contribution in [2.45, 2.75) is 32.0 Å². The summed E-state index contributed by atoms with van der Waals surface area (Å²) < 4.78 is 2.01. The Balaban J connectivity index is 1.37. The molecule has 0 N–H and O–H groups in total. The first-order chi connectivity index (χ1) is 12.2. The lowest BCUT2D eigenvalue weighted by Crippen LogP contribution is -2.46. The van der Waals surface area contributed by atoms with E-state index in [-0.39, 0.29) is 0 Å². The Morgan fingerprint density at radius 3 is 2.92 bits per heavy atom. The predicted octanol–water partition coefficient (Wildman–Crippen LogP) is 2.55. The first-order valence-electron chi connectivity index (χ1n) is 8.60. The van der Waals surface area contributed by atoms with Crippen LogP contribution in [0.4, 0.5) is 5.82 Å². The van der Waals surface area contributed by atoms with Gasteiger partial charge in [-0.25, -0.2) is 4.98 Å². The molecule has 1 aromatic carbocycles. The van der Waals surface area contributed by atoms with E-state index in [9.17, 15) is 0 Å². The largest absolute Gasteiger partial charge is 0.348 e. The average molecular weight is 355 g/mol. The van der Waals surface area contributed by atoms with Crippen LogP contribution in [0.1, 0.15) is 17.8 Å². The van der Waals surface area contributed by atoms with Crippen LogP contribution in [0.15, 0.2) is 36.7 Å². The Kier molecular flexibility index (Phi) is 3.43. The van der Waals surface area contributed by atoms with E-state index in [4.69, 9.17) is 11.6 Å². The zero-order chi connectivity index (χ0) is 17.0. The summed E-state index contributed by atoms with van der Waals surface area (Å²) in [5.74, 6) is 1.85. The molecule has 128 valence electrons. The minimum atomic E-state index is 0.486. The number of fused-ring (bicyclic) bond motifs is 3. The first kappa shape index (κ1) is 15.1. The molecule has 2 atom stereocenters. The molecule has 0 spiro atoms. The molecule has 0 amide bonds. The van der Waals surface area contributed by atoms with Crippen molar-refractivity contribution in [1.82, 2.24) is 24.5 Å². The highest BCUT2D eigenvalue weighted by Gasteiger charge is 2.44. The summed E-state index contributed by atoms with van der Waals surface area (Å²) in [6, 6.07) is 9.20. The standard InChI is InChI=1S/C18H19ClN6/c1-12-21-22-18-17(20-5-6-24(12)18)25-11-15-8-16(25)10-23(15)9-13-3-2-4-14(19)7-13/h2-7,15-16H,8-11H2,1H3. The van der Waals surface area contributed by atoms with Crippen LogP contribution < -0.4 is 4.90 Å². The van der Waals surface area contributed by atoms with E-state index in [1.54, 1.807) is 0 Å². The minimum Gasteiger partial charge on any atom is -0.348 e. The summed E-state index contributed by atoms with van der Waals surface area (Å²) in [6.07, 6.45) is 4.94. The Labute approximate surface area is 151 Å². The number of hydrogen-bond donors (Lipinski definition) is 0. The van der Waals surface area contributed by atoms with Gasteiger partial charge >= 0.3 is 0 Å². The number of hydrogen-bond acceptors (Lipinski definition) is 5. The molecule has 0 radical (unpaired) electrons. The van der Waals surface area contributed by atoms with Crippen molar-refractivity contribution < 1.29 is 0 Å². The molecular weight excluding hydrogens is 336 g/mol. The van der Waals surface area contributed by atoms with Crippen molar-refractivity contribution in [2.75, 3.05) is 18.0 Å². The van der Waals surface area contributed by atoms with E-state index in [1.165, 1.54) is 12.0 Å². The van der Waals surface area contributed by atoms with Gasteiger partial charge in [-0.05, 0) is 31.0 Å². The molecule has 6 nitrogen and oxygen atoms in total. The fourth-order valence-electron chi connectivity index (χ4n) is 4.20. The number of anilines is 1. The molecular formula is C18H19ClN6. The number of benzene rings is 1. The zero-order valence-electron chi connectivity index (χ0n) is 14.0. The van der Waals surface area contributed by atoms with Gasteiger partial charge in [0, 0.05) is 49.1 Å². The number of halogens is 1. The van der Waals surface area contributed by atoms with Crippen molar-refractivity contribution in [3.63, 3.8) is 0 Å². The second kappa shape index (κ2) is 5.68. The van der Waals surface area contributed by atoms with Crippen LogP contribution in [0.2, 0.25) is 5.02 Å². The lowest BCUT2D eigenvalue weighted by Gasteiger charge is -2.34. The van der Waals surface area contributed by atoms with E-state index in [2.05, 4.69) is 37.1 Å². The molecule has 2 aliphatic rings. The topological polar surface area (TPSA) is 49.6 Å². The number of nitrogens with zero attached hydrogens (tertiary/aromatic N) is 6. The van der Waals surface area contributed by atoms with Crippen molar-refractivity contribution in [3.05, 3.63) is 53.1 Å². The van der Waals surface area contributed by atoms with Gasteiger partial charge in [0.25, 0.3) is 0 Å². The van der Waals surface area contributed by atoms with Gasteiger partial charge in [0.05, 0.1) is 0 Å². The van der Waals surface area contributed by atoms with Gasteiger partial charge in [-0.15, -0.1) is 10.2 Å². The Morgan fingerprint density at radius 2 is 2.12 bits per heavy atom. The molecule has 7 heteroatoms. The molecule has 2 aromatic heterocycles. The fraction of sp³-hybridized carbons (Fsp3) is 0.389. The summed E-state index contributed by atoms with van der Waals surface area (Å²) in [7, 11) is 0. The van der Waals surface area contributed by atoms with Gasteiger partial charge in [-0.3, -0.25) is 9.30 Å². The van der Waals surface area contributed by atoms with Crippen LogP contribution in [0.5, 0.6) is 0 Å².